The van der Waals surface area contributed by atoms with Crippen molar-refractivity contribution in [3.8, 4) is 0 Å². The maximum absolute atomic E-state index is 13.9. The molecule has 0 bridgehead atoms. The molecule has 0 saturated carbocycles. The summed E-state index contributed by atoms with van der Waals surface area (Å²) in [5.41, 5.74) is 4.37. The predicted molar refractivity (Wildman–Crippen MR) is 80.9 cm³/mol. The van der Waals surface area contributed by atoms with E-state index in [1.165, 1.54) is 0 Å². The van der Waals surface area contributed by atoms with E-state index in [1.54, 1.807) is 24.3 Å². The molecule has 8 heteroatoms. The Morgan fingerprint density at radius 1 is 1.12 bits per heavy atom. The monoisotopic (exact) mass is 337 g/mol. The molecule has 0 aliphatic heterocycles. The van der Waals surface area contributed by atoms with E-state index in [1.807, 2.05) is 0 Å². The van der Waals surface area contributed by atoms with Gasteiger partial charge in [-0.05, 0) is 30.3 Å². The first kappa shape index (κ1) is 16.0. The minimum atomic E-state index is -4.60. The molecule has 124 valence electrons. The third-order valence-corrected chi connectivity index (χ3v) is 3.58. The Labute approximate surface area is 133 Å². The van der Waals surface area contributed by atoms with E-state index in [0.29, 0.717) is 23.2 Å². The molecule has 0 spiro atoms. The normalized spacial score (nSPS) is 11.8. The molecule has 0 fully saturated rings. The second kappa shape index (κ2) is 5.63. The zero-order valence-electron chi connectivity index (χ0n) is 12.1. The average molecular weight is 337 g/mol. The Balaban J connectivity index is 2.18. The fraction of sp³-hybridized carbons (Fsp3) is 0.125. The van der Waals surface area contributed by atoms with E-state index in [2.05, 4.69) is 4.98 Å². The zero-order valence-corrected chi connectivity index (χ0v) is 12.1. The third-order valence-electron chi connectivity index (χ3n) is 3.58. The summed E-state index contributed by atoms with van der Waals surface area (Å²) in [7, 11) is 0. The number of aromatic nitrogens is 2. The highest BCUT2D eigenvalue weighted by Crippen LogP contribution is 2.30. The van der Waals surface area contributed by atoms with Crippen molar-refractivity contribution in [1.29, 1.82) is 0 Å². The van der Waals surface area contributed by atoms with Gasteiger partial charge in [0.1, 0.15) is 5.82 Å². The number of nitrogens with zero attached hydrogens (tertiary/aromatic N) is 2. The number of nitrogen functional groups attached to an aromatic ring is 1. The van der Waals surface area contributed by atoms with Gasteiger partial charge >= 0.3 is 6.18 Å². The molecule has 0 atom stereocenters. The highest BCUT2D eigenvalue weighted by molar-refractivity contribution is 5.76. The summed E-state index contributed by atoms with van der Waals surface area (Å²) >= 11 is 0. The second-order valence-electron chi connectivity index (χ2n) is 5.18. The van der Waals surface area contributed by atoms with E-state index < -0.39 is 23.1 Å². The standard InChI is InChI=1S/C16H11F4N3O/c17-11-6-5-10(16(18,19)20)7-9(11)8-23-13-4-2-1-3-12(13)22-14(21)15(23)24/h1-7H,8H2,(H2,21,22). The van der Waals surface area contributed by atoms with Crippen molar-refractivity contribution >= 4 is 16.9 Å². The maximum atomic E-state index is 13.9. The van der Waals surface area contributed by atoms with Gasteiger partial charge in [-0.25, -0.2) is 9.37 Å². The van der Waals surface area contributed by atoms with E-state index in [4.69, 9.17) is 5.73 Å². The number of rotatable bonds is 2. The molecule has 0 saturated heterocycles. The van der Waals surface area contributed by atoms with Gasteiger partial charge in [-0.1, -0.05) is 12.1 Å². The maximum Gasteiger partial charge on any atom is 0.416 e. The number of benzene rings is 2. The van der Waals surface area contributed by atoms with E-state index in [-0.39, 0.29) is 17.9 Å². The minimum absolute atomic E-state index is 0.261. The van der Waals surface area contributed by atoms with Crippen molar-refractivity contribution in [3.05, 3.63) is 69.8 Å². The molecule has 1 heterocycles. The van der Waals surface area contributed by atoms with Crippen molar-refractivity contribution in [2.75, 3.05) is 5.73 Å². The summed E-state index contributed by atoms with van der Waals surface area (Å²) in [6.07, 6.45) is -4.60. The molecule has 0 radical (unpaired) electrons. The van der Waals surface area contributed by atoms with Gasteiger partial charge in [0.15, 0.2) is 5.82 Å². The summed E-state index contributed by atoms with van der Waals surface area (Å²) in [5, 5.41) is 0. The number of hydrogen-bond acceptors (Lipinski definition) is 3. The second-order valence-corrected chi connectivity index (χ2v) is 5.18. The third kappa shape index (κ3) is 2.82. The number of para-hydroxylation sites is 2. The summed E-state index contributed by atoms with van der Waals surface area (Å²) in [6.45, 7) is -0.387. The smallest absolute Gasteiger partial charge is 0.379 e. The number of halogens is 4. The molecular formula is C16H11F4N3O. The Hall–Kier alpha value is -2.90. The largest absolute Gasteiger partial charge is 0.416 e. The van der Waals surface area contributed by atoms with Gasteiger partial charge < -0.3 is 5.73 Å². The number of fused-ring (bicyclic) bond motifs is 1. The minimum Gasteiger partial charge on any atom is -0.379 e. The molecule has 1 aromatic heterocycles. The predicted octanol–water partition coefficient (Wildman–Crippen LogP) is 3.18. The van der Waals surface area contributed by atoms with Crippen molar-refractivity contribution in [1.82, 2.24) is 9.55 Å². The molecule has 0 aliphatic carbocycles. The first-order valence-corrected chi connectivity index (χ1v) is 6.88. The molecule has 3 rings (SSSR count). The average Bonchev–Trinajstić information content (AvgIpc) is 2.52. The molecule has 2 N–H and O–H groups in total. The van der Waals surface area contributed by atoms with Crippen LogP contribution in [0.3, 0.4) is 0 Å². The quantitative estimate of drug-likeness (QED) is 0.731. The van der Waals surface area contributed by atoms with Crippen LogP contribution in [0.25, 0.3) is 11.0 Å². The Morgan fingerprint density at radius 3 is 2.54 bits per heavy atom. The molecule has 0 amide bonds. The zero-order chi connectivity index (χ0) is 17.5. The van der Waals surface area contributed by atoms with E-state index >= 15 is 0 Å². The van der Waals surface area contributed by atoms with Crippen LogP contribution < -0.4 is 11.3 Å². The van der Waals surface area contributed by atoms with Crippen molar-refractivity contribution in [2.45, 2.75) is 12.7 Å². The van der Waals surface area contributed by atoms with Gasteiger partial charge in [-0.3, -0.25) is 9.36 Å². The molecule has 24 heavy (non-hydrogen) atoms. The first-order chi connectivity index (χ1) is 11.3. The van der Waals surface area contributed by atoms with Gasteiger partial charge in [0.25, 0.3) is 5.56 Å². The van der Waals surface area contributed by atoms with Gasteiger partial charge in [0, 0.05) is 5.56 Å². The van der Waals surface area contributed by atoms with Crippen LogP contribution in [0, 0.1) is 5.82 Å². The summed E-state index contributed by atoms with van der Waals surface area (Å²) in [4.78, 5) is 16.1. The molecule has 4 nitrogen and oxygen atoms in total. The van der Waals surface area contributed by atoms with E-state index in [0.717, 1.165) is 10.6 Å². The van der Waals surface area contributed by atoms with Crippen molar-refractivity contribution in [2.24, 2.45) is 0 Å². The SMILES string of the molecule is Nc1nc2ccccc2n(Cc2cc(C(F)(F)F)ccc2F)c1=O. The number of nitrogens with two attached hydrogens (primary N) is 1. The molecule has 2 aromatic carbocycles. The van der Waals surface area contributed by atoms with Crippen LogP contribution in [0.1, 0.15) is 11.1 Å². The van der Waals surface area contributed by atoms with Crippen LogP contribution in [-0.4, -0.2) is 9.55 Å². The first-order valence-electron chi connectivity index (χ1n) is 6.88. The lowest BCUT2D eigenvalue weighted by atomic mass is 10.1. The topological polar surface area (TPSA) is 60.9 Å². The van der Waals surface area contributed by atoms with Crippen molar-refractivity contribution in [3.63, 3.8) is 0 Å². The molecule has 0 aliphatic rings. The lowest BCUT2D eigenvalue weighted by Crippen LogP contribution is -2.25. The highest BCUT2D eigenvalue weighted by atomic mass is 19.4. The lowest BCUT2D eigenvalue weighted by molar-refractivity contribution is -0.137. The van der Waals surface area contributed by atoms with Crippen LogP contribution in [0.4, 0.5) is 23.4 Å². The van der Waals surface area contributed by atoms with Gasteiger partial charge in [-0.15, -0.1) is 0 Å². The number of anilines is 1. The van der Waals surface area contributed by atoms with Gasteiger partial charge in [0.2, 0.25) is 0 Å². The Kier molecular flexibility index (Phi) is 3.75. The van der Waals surface area contributed by atoms with Crippen LogP contribution in [-0.2, 0) is 12.7 Å². The molecule has 3 aromatic rings. The summed E-state index contributed by atoms with van der Waals surface area (Å²) in [6, 6.07) is 8.55. The fourth-order valence-corrected chi connectivity index (χ4v) is 2.41. The number of hydrogen-bond donors (Lipinski definition) is 1. The van der Waals surface area contributed by atoms with Crippen LogP contribution in [0.15, 0.2) is 47.3 Å². The van der Waals surface area contributed by atoms with Gasteiger partial charge in [-0.2, -0.15) is 13.2 Å². The van der Waals surface area contributed by atoms with E-state index in [9.17, 15) is 22.4 Å². The Morgan fingerprint density at radius 2 is 1.83 bits per heavy atom. The van der Waals surface area contributed by atoms with Crippen LogP contribution in [0.5, 0.6) is 0 Å². The molecule has 0 unspecified atom stereocenters. The Bertz CT molecular complexity index is 979. The molecular weight excluding hydrogens is 326 g/mol. The fourth-order valence-electron chi connectivity index (χ4n) is 2.41. The van der Waals surface area contributed by atoms with Crippen molar-refractivity contribution < 1.29 is 17.6 Å². The van der Waals surface area contributed by atoms with Gasteiger partial charge in [0.05, 0.1) is 23.1 Å². The van der Waals surface area contributed by atoms with Crippen LogP contribution in [0.2, 0.25) is 0 Å². The summed E-state index contributed by atoms with van der Waals surface area (Å²) in [5.74, 6) is -1.14. The summed E-state index contributed by atoms with van der Waals surface area (Å²) < 4.78 is 53.5. The lowest BCUT2D eigenvalue weighted by Gasteiger charge is -2.13. The van der Waals surface area contributed by atoms with Crippen LogP contribution >= 0.6 is 0 Å². The number of alkyl halides is 3. The highest BCUT2D eigenvalue weighted by Gasteiger charge is 2.31.